The molecule has 29 heavy (non-hydrogen) atoms. The van der Waals surface area contributed by atoms with Crippen LogP contribution in [-0.4, -0.2) is 30.1 Å². The van der Waals surface area contributed by atoms with Crippen LogP contribution < -0.4 is 5.32 Å². The molecule has 1 aliphatic heterocycles. The second-order valence-electron chi connectivity index (χ2n) is 7.55. The second kappa shape index (κ2) is 7.16. The van der Waals surface area contributed by atoms with E-state index in [0.717, 1.165) is 47.9 Å². The molecule has 146 valence electrons. The number of hydrogen-bond acceptors (Lipinski definition) is 4. The van der Waals surface area contributed by atoms with E-state index in [1.165, 1.54) is 5.56 Å². The normalized spacial score (nSPS) is 16.0. The highest BCUT2D eigenvalue weighted by Crippen LogP contribution is 2.28. The number of fused-ring (bicyclic) bond motifs is 2. The number of imidazole rings is 1. The average Bonchev–Trinajstić information content (AvgIpc) is 3.32. The van der Waals surface area contributed by atoms with Crippen molar-refractivity contribution in [3.05, 3.63) is 77.8 Å². The average molecular weight is 386 g/mol. The predicted octanol–water partition coefficient (Wildman–Crippen LogP) is 3.15. The molecular formula is C22H22N6O. The Bertz CT molecular complexity index is 1170. The van der Waals surface area contributed by atoms with Crippen LogP contribution in [0, 0.1) is 6.92 Å². The van der Waals surface area contributed by atoms with Gasteiger partial charge in [-0.15, -0.1) is 10.2 Å². The Kier molecular flexibility index (Phi) is 4.35. The Morgan fingerprint density at radius 3 is 2.93 bits per heavy atom. The lowest BCUT2D eigenvalue weighted by atomic mass is 9.91. The minimum atomic E-state index is -0.0432. The van der Waals surface area contributed by atoms with Crippen LogP contribution >= 0.6 is 0 Å². The number of carbonyl (C=O) groups excluding carboxylic acids is 1. The van der Waals surface area contributed by atoms with Gasteiger partial charge >= 0.3 is 0 Å². The molecule has 1 aliphatic rings. The summed E-state index contributed by atoms with van der Waals surface area (Å²) in [5, 5.41) is 11.1. The largest absolute Gasteiger partial charge is 0.326 e. The van der Waals surface area contributed by atoms with Gasteiger partial charge in [0.05, 0.1) is 17.8 Å². The smallest absolute Gasteiger partial charge is 0.230 e. The Morgan fingerprint density at radius 2 is 2.07 bits per heavy atom. The van der Waals surface area contributed by atoms with E-state index in [2.05, 4.69) is 37.2 Å². The maximum atomic E-state index is 12.6. The molecule has 0 unspecified atom stereocenters. The third-order valence-electron chi connectivity index (χ3n) is 5.65. The molecule has 7 nitrogen and oxygen atoms in total. The molecule has 4 heterocycles. The van der Waals surface area contributed by atoms with Crippen LogP contribution in [-0.2, 0) is 24.2 Å². The highest BCUT2D eigenvalue weighted by atomic mass is 16.1. The zero-order valence-corrected chi connectivity index (χ0v) is 16.2. The lowest BCUT2D eigenvalue weighted by molar-refractivity contribution is -0.115. The van der Waals surface area contributed by atoms with Crippen molar-refractivity contribution in [2.75, 3.05) is 5.32 Å². The lowest BCUT2D eigenvalue weighted by Crippen LogP contribution is -2.19. The van der Waals surface area contributed by atoms with Crippen molar-refractivity contribution in [2.24, 2.45) is 0 Å². The van der Waals surface area contributed by atoms with E-state index in [9.17, 15) is 4.79 Å². The van der Waals surface area contributed by atoms with E-state index in [0.29, 0.717) is 5.92 Å². The van der Waals surface area contributed by atoms with Gasteiger partial charge in [0.15, 0.2) is 0 Å². The van der Waals surface area contributed by atoms with E-state index >= 15 is 0 Å². The summed E-state index contributed by atoms with van der Waals surface area (Å²) in [6, 6.07) is 14.0. The quantitative estimate of drug-likeness (QED) is 0.585. The van der Waals surface area contributed by atoms with Crippen molar-refractivity contribution in [1.29, 1.82) is 0 Å². The van der Waals surface area contributed by atoms with Gasteiger partial charge in [0.25, 0.3) is 0 Å². The monoisotopic (exact) mass is 386 g/mol. The molecule has 0 bridgehead atoms. The lowest BCUT2D eigenvalue weighted by Gasteiger charge is -2.23. The number of benzene rings is 1. The van der Waals surface area contributed by atoms with Crippen molar-refractivity contribution in [1.82, 2.24) is 24.1 Å². The molecule has 0 aliphatic carbocycles. The standard InChI is InChI=1S/C22H22N6O/c1-15-19(28-11-3-2-4-20(28)24-15)12-22(29)25-18-8-5-16(6-9-18)17-7-10-21-26-23-14-27(21)13-17/h2-6,8-9,11,14,17H,7,10,12-13H2,1H3,(H,25,29)/t17-/m1/s1. The summed E-state index contributed by atoms with van der Waals surface area (Å²) in [6.45, 7) is 2.84. The topological polar surface area (TPSA) is 77.1 Å². The van der Waals surface area contributed by atoms with Crippen LogP contribution in [0.5, 0.6) is 0 Å². The Morgan fingerprint density at radius 1 is 1.21 bits per heavy atom. The van der Waals surface area contributed by atoms with E-state index in [1.807, 2.05) is 47.9 Å². The fourth-order valence-corrected chi connectivity index (χ4v) is 4.10. The zero-order valence-electron chi connectivity index (χ0n) is 16.2. The van der Waals surface area contributed by atoms with Crippen molar-refractivity contribution in [3.8, 4) is 0 Å². The molecule has 0 saturated carbocycles. The van der Waals surface area contributed by atoms with Crippen LogP contribution in [0.2, 0.25) is 0 Å². The third-order valence-corrected chi connectivity index (χ3v) is 5.65. The first-order valence-corrected chi connectivity index (χ1v) is 9.86. The zero-order chi connectivity index (χ0) is 19.8. The minimum absolute atomic E-state index is 0.0432. The number of aryl methyl sites for hydroxylation is 2. The molecule has 0 saturated heterocycles. The van der Waals surface area contributed by atoms with Crippen molar-refractivity contribution in [3.63, 3.8) is 0 Å². The van der Waals surface area contributed by atoms with E-state index in [1.54, 1.807) is 6.33 Å². The predicted molar refractivity (Wildman–Crippen MR) is 110 cm³/mol. The number of nitrogens with zero attached hydrogens (tertiary/aromatic N) is 5. The van der Waals surface area contributed by atoms with Crippen LogP contribution in [0.4, 0.5) is 5.69 Å². The molecule has 3 aromatic heterocycles. The van der Waals surface area contributed by atoms with Crippen LogP contribution in [0.25, 0.3) is 5.65 Å². The van der Waals surface area contributed by atoms with Crippen LogP contribution in [0.15, 0.2) is 55.0 Å². The number of amides is 1. The van der Waals surface area contributed by atoms with Crippen molar-refractivity contribution in [2.45, 2.75) is 38.6 Å². The first kappa shape index (κ1) is 17.6. The summed E-state index contributed by atoms with van der Waals surface area (Å²) in [5.41, 5.74) is 4.75. The van der Waals surface area contributed by atoms with Gasteiger partial charge in [0, 0.05) is 30.8 Å². The third kappa shape index (κ3) is 3.40. The molecule has 4 aromatic rings. The molecule has 1 amide bonds. The summed E-state index contributed by atoms with van der Waals surface area (Å²) in [7, 11) is 0. The SMILES string of the molecule is Cc1nc2ccccn2c1CC(=O)Nc1ccc([C@@H]2CCc3nncn3C2)cc1. The minimum Gasteiger partial charge on any atom is -0.326 e. The highest BCUT2D eigenvalue weighted by molar-refractivity contribution is 5.92. The second-order valence-corrected chi connectivity index (χ2v) is 7.55. The molecule has 0 radical (unpaired) electrons. The first-order chi connectivity index (χ1) is 14.2. The number of pyridine rings is 1. The first-order valence-electron chi connectivity index (χ1n) is 9.86. The van der Waals surface area contributed by atoms with Crippen molar-refractivity contribution >= 4 is 17.2 Å². The summed E-state index contributed by atoms with van der Waals surface area (Å²) in [4.78, 5) is 17.1. The van der Waals surface area contributed by atoms with Crippen LogP contribution in [0.3, 0.4) is 0 Å². The van der Waals surface area contributed by atoms with E-state index in [4.69, 9.17) is 0 Å². The fraction of sp³-hybridized carbons (Fsp3) is 0.273. The van der Waals surface area contributed by atoms with Gasteiger partial charge < -0.3 is 14.3 Å². The van der Waals surface area contributed by atoms with Gasteiger partial charge in [0.1, 0.15) is 17.8 Å². The fourth-order valence-electron chi connectivity index (χ4n) is 4.10. The Hall–Kier alpha value is -3.48. The molecule has 0 fully saturated rings. The van der Waals surface area contributed by atoms with Gasteiger partial charge in [-0.2, -0.15) is 0 Å². The van der Waals surface area contributed by atoms with Gasteiger partial charge in [-0.25, -0.2) is 4.98 Å². The Balaban J connectivity index is 1.26. The molecule has 5 rings (SSSR count). The summed E-state index contributed by atoms with van der Waals surface area (Å²) >= 11 is 0. The number of anilines is 1. The number of carbonyl (C=O) groups is 1. The number of aromatic nitrogens is 5. The molecule has 7 heteroatoms. The molecule has 1 N–H and O–H groups in total. The maximum Gasteiger partial charge on any atom is 0.230 e. The number of hydrogen-bond donors (Lipinski definition) is 1. The highest BCUT2D eigenvalue weighted by Gasteiger charge is 2.21. The Labute approximate surface area is 168 Å². The summed E-state index contributed by atoms with van der Waals surface area (Å²) in [6.07, 6.45) is 6.05. The summed E-state index contributed by atoms with van der Waals surface area (Å²) in [5.74, 6) is 1.47. The van der Waals surface area contributed by atoms with Crippen molar-refractivity contribution < 1.29 is 4.79 Å². The molecule has 1 atom stereocenters. The van der Waals surface area contributed by atoms with Gasteiger partial charge in [-0.3, -0.25) is 4.79 Å². The maximum absolute atomic E-state index is 12.6. The molecule has 1 aromatic carbocycles. The van der Waals surface area contributed by atoms with E-state index < -0.39 is 0 Å². The summed E-state index contributed by atoms with van der Waals surface area (Å²) < 4.78 is 4.10. The number of rotatable bonds is 4. The van der Waals surface area contributed by atoms with Crippen LogP contribution in [0.1, 0.15) is 35.1 Å². The van der Waals surface area contributed by atoms with Gasteiger partial charge in [0.2, 0.25) is 5.91 Å². The van der Waals surface area contributed by atoms with Gasteiger partial charge in [-0.05, 0) is 43.2 Å². The number of nitrogens with one attached hydrogen (secondary N) is 1. The molecular weight excluding hydrogens is 364 g/mol. The van der Waals surface area contributed by atoms with E-state index in [-0.39, 0.29) is 12.3 Å². The van der Waals surface area contributed by atoms with Gasteiger partial charge in [-0.1, -0.05) is 18.2 Å². The molecule has 0 spiro atoms.